The van der Waals surface area contributed by atoms with Crippen LogP contribution in [0.2, 0.25) is 5.02 Å². The summed E-state index contributed by atoms with van der Waals surface area (Å²) in [5.41, 5.74) is 0.811. The predicted molar refractivity (Wildman–Crippen MR) is 59.3 cm³/mol. The zero-order valence-corrected chi connectivity index (χ0v) is 9.15. The third kappa shape index (κ3) is 1.47. The number of aliphatic hydroxyl groups excluding tert-OH is 1. The molecule has 0 radical (unpaired) electrons. The molecule has 2 aromatic rings. The summed E-state index contributed by atoms with van der Waals surface area (Å²) >= 11 is 7.56. The van der Waals surface area contributed by atoms with E-state index in [1.54, 1.807) is 24.5 Å². The fraction of sp³-hybridized carbons (Fsp3) is 0.200. The van der Waals surface area contributed by atoms with Crippen molar-refractivity contribution in [2.45, 2.75) is 6.61 Å². The molecule has 1 aromatic heterocycles. The van der Waals surface area contributed by atoms with Crippen LogP contribution in [0.1, 0.15) is 5.56 Å². The Hall–Kier alpha value is -0.770. The zero-order chi connectivity index (χ0) is 10.1. The van der Waals surface area contributed by atoms with Crippen LogP contribution in [0.4, 0.5) is 0 Å². The Morgan fingerprint density at radius 1 is 1.50 bits per heavy atom. The molecule has 1 aromatic carbocycles. The van der Waals surface area contributed by atoms with Crippen molar-refractivity contribution in [1.29, 1.82) is 0 Å². The number of hydrogen-bond acceptors (Lipinski definition) is 3. The van der Waals surface area contributed by atoms with Crippen molar-refractivity contribution in [1.82, 2.24) is 0 Å². The number of methoxy groups -OCH3 is 1. The second-order valence-corrected chi connectivity index (χ2v) is 4.22. The lowest BCUT2D eigenvalue weighted by molar-refractivity contribution is 0.282. The summed E-state index contributed by atoms with van der Waals surface area (Å²) in [7, 11) is 1.61. The van der Waals surface area contributed by atoms with Gasteiger partial charge in [-0.05, 0) is 17.7 Å². The molecule has 0 fully saturated rings. The fourth-order valence-electron chi connectivity index (χ4n) is 1.43. The van der Waals surface area contributed by atoms with Crippen LogP contribution in [0, 0.1) is 0 Å². The molecular weight excluding hydrogens is 220 g/mol. The van der Waals surface area contributed by atoms with Gasteiger partial charge in [0.25, 0.3) is 0 Å². The molecule has 0 saturated heterocycles. The van der Waals surface area contributed by atoms with Gasteiger partial charge in [0.2, 0.25) is 0 Å². The Kier molecular flexibility index (Phi) is 2.63. The van der Waals surface area contributed by atoms with E-state index in [0.717, 1.165) is 21.4 Å². The third-order valence-corrected chi connectivity index (χ3v) is 3.45. The van der Waals surface area contributed by atoms with Crippen molar-refractivity contribution in [3.63, 3.8) is 0 Å². The van der Waals surface area contributed by atoms with Crippen molar-refractivity contribution in [2.75, 3.05) is 7.11 Å². The van der Waals surface area contributed by atoms with E-state index in [1.807, 2.05) is 11.4 Å². The lowest BCUT2D eigenvalue weighted by Gasteiger charge is -2.04. The van der Waals surface area contributed by atoms with E-state index in [9.17, 15) is 5.11 Å². The number of halogens is 1. The average Bonchev–Trinajstić information content (AvgIpc) is 2.59. The molecule has 0 bridgehead atoms. The Morgan fingerprint density at radius 3 is 2.93 bits per heavy atom. The smallest absolute Gasteiger partial charge is 0.120 e. The lowest BCUT2D eigenvalue weighted by atomic mass is 10.1. The number of thiophene rings is 1. The van der Waals surface area contributed by atoms with Gasteiger partial charge in [-0.25, -0.2) is 0 Å². The molecule has 74 valence electrons. The van der Waals surface area contributed by atoms with Gasteiger partial charge in [0, 0.05) is 15.5 Å². The minimum absolute atomic E-state index is 0.0237. The van der Waals surface area contributed by atoms with Crippen LogP contribution < -0.4 is 4.74 Å². The van der Waals surface area contributed by atoms with Gasteiger partial charge in [0.05, 0.1) is 18.7 Å². The SMILES string of the molecule is COc1cc(CO)c2c(Cl)csc2c1. The van der Waals surface area contributed by atoms with Gasteiger partial charge in [-0.1, -0.05) is 11.6 Å². The summed E-state index contributed by atoms with van der Waals surface area (Å²) in [6, 6.07) is 3.73. The summed E-state index contributed by atoms with van der Waals surface area (Å²) in [6.45, 7) is -0.0237. The molecule has 0 saturated carbocycles. The summed E-state index contributed by atoms with van der Waals surface area (Å²) in [5, 5.41) is 12.7. The normalized spacial score (nSPS) is 10.8. The minimum Gasteiger partial charge on any atom is -0.497 e. The largest absolute Gasteiger partial charge is 0.497 e. The molecule has 1 N–H and O–H groups in total. The van der Waals surface area contributed by atoms with Gasteiger partial charge in [0.15, 0.2) is 0 Å². The van der Waals surface area contributed by atoms with Gasteiger partial charge in [-0.15, -0.1) is 11.3 Å². The van der Waals surface area contributed by atoms with Crippen LogP contribution in [-0.4, -0.2) is 12.2 Å². The van der Waals surface area contributed by atoms with E-state index in [4.69, 9.17) is 16.3 Å². The quantitative estimate of drug-likeness (QED) is 0.856. The summed E-state index contributed by atoms with van der Waals surface area (Å²) in [5.74, 6) is 0.750. The number of ether oxygens (including phenoxy) is 1. The topological polar surface area (TPSA) is 29.5 Å². The Morgan fingerprint density at radius 2 is 2.29 bits per heavy atom. The van der Waals surface area contributed by atoms with Gasteiger partial charge >= 0.3 is 0 Å². The van der Waals surface area contributed by atoms with Crippen molar-refractivity contribution in [2.24, 2.45) is 0 Å². The second kappa shape index (κ2) is 3.77. The van der Waals surface area contributed by atoms with Crippen molar-refractivity contribution >= 4 is 33.0 Å². The summed E-state index contributed by atoms with van der Waals surface area (Å²) < 4.78 is 6.17. The summed E-state index contributed by atoms with van der Waals surface area (Å²) in [4.78, 5) is 0. The van der Waals surface area contributed by atoms with E-state index in [2.05, 4.69) is 0 Å². The van der Waals surface area contributed by atoms with Gasteiger partial charge in [-0.3, -0.25) is 0 Å². The molecule has 14 heavy (non-hydrogen) atoms. The van der Waals surface area contributed by atoms with E-state index in [0.29, 0.717) is 5.02 Å². The van der Waals surface area contributed by atoms with Crippen LogP contribution in [0.15, 0.2) is 17.5 Å². The molecular formula is C10H9ClO2S. The Labute approximate surface area is 90.7 Å². The van der Waals surface area contributed by atoms with E-state index in [-0.39, 0.29) is 6.61 Å². The highest BCUT2D eigenvalue weighted by Gasteiger charge is 2.09. The van der Waals surface area contributed by atoms with Gasteiger partial charge in [0.1, 0.15) is 5.75 Å². The molecule has 0 spiro atoms. The number of fused-ring (bicyclic) bond motifs is 1. The molecule has 2 rings (SSSR count). The van der Waals surface area contributed by atoms with Crippen molar-refractivity contribution < 1.29 is 9.84 Å². The number of benzene rings is 1. The van der Waals surface area contributed by atoms with E-state index < -0.39 is 0 Å². The summed E-state index contributed by atoms with van der Waals surface area (Å²) in [6.07, 6.45) is 0. The third-order valence-electron chi connectivity index (χ3n) is 2.09. The molecule has 0 amide bonds. The molecule has 0 unspecified atom stereocenters. The van der Waals surface area contributed by atoms with Crippen LogP contribution in [0.25, 0.3) is 10.1 Å². The maximum absolute atomic E-state index is 9.19. The number of rotatable bonds is 2. The predicted octanol–water partition coefficient (Wildman–Crippen LogP) is 3.06. The van der Waals surface area contributed by atoms with Crippen molar-refractivity contribution in [3.8, 4) is 5.75 Å². The maximum Gasteiger partial charge on any atom is 0.120 e. The first-order chi connectivity index (χ1) is 6.76. The fourth-order valence-corrected chi connectivity index (χ4v) is 2.73. The number of hydrogen-bond donors (Lipinski definition) is 1. The van der Waals surface area contributed by atoms with Crippen molar-refractivity contribution in [3.05, 3.63) is 28.1 Å². The molecule has 0 aliphatic rings. The van der Waals surface area contributed by atoms with Gasteiger partial charge < -0.3 is 9.84 Å². The highest BCUT2D eigenvalue weighted by Crippen LogP contribution is 2.35. The van der Waals surface area contributed by atoms with E-state index in [1.165, 1.54) is 0 Å². The lowest BCUT2D eigenvalue weighted by Crippen LogP contribution is -1.88. The van der Waals surface area contributed by atoms with Crippen LogP contribution >= 0.6 is 22.9 Å². The standard InChI is InChI=1S/C10H9ClO2S/c1-13-7-2-6(4-12)10-8(11)5-14-9(10)3-7/h2-3,5,12H,4H2,1H3. The van der Waals surface area contributed by atoms with Crippen LogP contribution in [0.5, 0.6) is 5.75 Å². The monoisotopic (exact) mass is 228 g/mol. The zero-order valence-electron chi connectivity index (χ0n) is 7.58. The van der Waals surface area contributed by atoms with Gasteiger partial charge in [-0.2, -0.15) is 0 Å². The van der Waals surface area contributed by atoms with Crippen LogP contribution in [-0.2, 0) is 6.61 Å². The highest BCUT2D eigenvalue weighted by atomic mass is 35.5. The molecule has 2 nitrogen and oxygen atoms in total. The Balaban J connectivity index is 2.76. The Bertz CT molecular complexity index is 464. The molecule has 4 heteroatoms. The first kappa shape index (κ1) is 9.77. The minimum atomic E-state index is -0.0237. The molecule has 0 aliphatic carbocycles. The molecule has 0 atom stereocenters. The maximum atomic E-state index is 9.19. The number of aliphatic hydroxyl groups is 1. The van der Waals surface area contributed by atoms with Crippen LogP contribution in [0.3, 0.4) is 0 Å². The average molecular weight is 229 g/mol. The highest BCUT2D eigenvalue weighted by molar-refractivity contribution is 7.17. The molecule has 0 aliphatic heterocycles. The van der Waals surface area contributed by atoms with E-state index >= 15 is 0 Å². The first-order valence-electron chi connectivity index (χ1n) is 4.10. The molecule has 1 heterocycles. The first-order valence-corrected chi connectivity index (χ1v) is 5.36. The second-order valence-electron chi connectivity index (χ2n) is 2.90.